The van der Waals surface area contributed by atoms with Crippen LogP contribution in [0.15, 0.2) is 36.4 Å². The first-order valence-corrected chi connectivity index (χ1v) is 10.1. The molecule has 8 heteroatoms. The average Bonchev–Trinajstić information content (AvgIpc) is 3.36. The van der Waals surface area contributed by atoms with Crippen LogP contribution in [0.5, 0.6) is 11.5 Å². The standard InChI is InChI=1S/C23H25N3O5/c1-14(27)25-7-6-15-8-18(4-5-21(15)25)26-13-16(9-22(26)28)23(29)24-17-10-19(30-2)12-20(11-17)31-3/h4-5,8,10-12,16H,6-7,9,13H2,1-3H3,(H,24,29)/t16-/m1/s1. The third-order valence-corrected chi connectivity index (χ3v) is 5.77. The van der Waals surface area contributed by atoms with Gasteiger partial charge in [0.25, 0.3) is 0 Å². The number of amides is 3. The molecule has 8 nitrogen and oxygen atoms in total. The molecule has 162 valence electrons. The Morgan fingerprint density at radius 1 is 1.06 bits per heavy atom. The molecule has 4 rings (SSSR count). The highest BCUT2D eigenvalue weighted by Crippen LogP contribution is 2.34. The van der Waals surface area contributed by atoms with Gasteiger partial charge in [-0.15, -0.1) is 0 Å². The normalized spacial score (nSPS) is 17.5. The van der Waals surface area contributed by atoms with E-state index < -0.39 is 5.92 Å². The molecular formula is C23H25N3O5. The van der Waals surface area contributed by atoms with Gasteiger partial charge in [0.05, 0.1) is 20.1 Å². The molecule has 2 aliphatic rings. The first kappa shape index (κ1) is 20.7. The number of hydrogen-bond donors (Lipinski definition) is 1. The summed E-state index contributed by atoms with van der Waals surface area (Å²) in [6, 6.07) is 10.8. The minimum absolute atomic E-state index is 0.00894. The van der Waals surface area contributed by atoms with E-state index >= 15 is 0 Å². The fourth-order valence-corrected chi connectivity index (χ4v) is 4.14. The van der Waals surface area contributed by atoms with Gasteiger partial charge in [0.2, 0.25) is 17.7 Å². The summed E-state index contributed by atoms with van der Waals surface area (Å²) in [6.07, 6.45) is 0.899. The van der Waals surface area contributed by atoms with Crippen LogP contribution in [-0.2, 0) is 20.8 Å². The van der Waals surface area contributed by atoms with E-state index in [1.807, 2.05) is 18.2 Å². The van der Waals surface area contributed by atoms with Crippen molar-refractivity contribution < 1.29 is 23.9 Å². The summed E-state index contributed by atoms with van der Waals surface area (Å²) in [5, 5.41) is 2.86. The molecule has 31 heavy (non-hydrogen) atoms. The molecule has 3 amide bonds. The van der Waals surface area contributed by atoms with Crippen molar-refractivity contribution in [3.05, 3.63) is 42.0 Å². The van der Waals surface area contributed by atoms with E-state index in [1.165, 1.54) is 0 Å². The second-order valence-corrected chi connectivity index (χ2v) is 7.73. The van der Waals surface area contributed by atoms with Crippen LogP contribution in [0.3, 0.4) is 0 Å². The van der Waals surface area contributed by atoms with Crippen LogP contribution in [0.25, 0.3) is 0 Å². The minimum Gasteiger partial charge on any atom is -0.497 e. The predicted molar refractivity (Wildman–Crippen MR) is 117 cm³/mol. The van der Waals surface area contributed by atoms with Crippen molar-refractivity contribution in [2.75, 3.05) is 42.4 Å². The lowest BCUT2D eigenvalue weighted by Gasteiger charge is -2.19. The number of benzene rings is 2. The van der Waals surface area contributed by atoms with Crippen molar-refractivity contribution in [1.29, 1.82) is 0 Å². The zero-order valence-corrected chi connectivity index (χ0v) is 17.8. The van der Waals surface area contributed by atoms with Gasteiger partial charge in [0.15, 0.2) is 0 Å². The summed E-state index contributed by atoms with van der Waals surface area (Å²) in [7, 11) is 3.08. The molecule has 0 bridgehead atoms. The van der Waals surface area contributed by atoms with Gasteiger partial charge in [0, 0.05) is 61.7 Å². The number of carbonyl (C=O) groups excluding carboxylic acids is 3. The second-order valence-electron chi connectivity index (χ2n) is 7.73. The zero-order valence-electron chi connectivity index (χ0n) is 17.8. The maximum Gasteiger partial charge on any atom is 0.229 e. The number of nitrogens with one attached hydrogen (secondary N) is 1. The van der Waals surface area contributed by atoms with E-state index in [9.17, 15) is 14.4 Å². The molecule has 0 spiro atoms. The first-order valence-electron chi connectivity index (χ1n) is 10.1. The van der Waals surface area contributed by atoms with Crippen molar-refractivity contribution in [3.8, 4) is 11.5 Å². The van der Waals surface area contributed by atoms with Crippen LogP contribution >= 0.6 is 0 Å². The van der Waals surface area contributed by atoms with Crippen LogP contribution in [-0.4, -0.2) is 45.0 Å². The van der Waals surface area contributed by atoms with E-state index in [0.717, 1.165) is 23.4 Å². The quantitative estimate of drug-likeness (QED) is 0.799. The highest BCUT2D eigenvalue weighted by atomic mass is 16.5. The molecule has 0 aromatic heterocycles. The van der Waals surface area contributed by atoms with Crippen LogP contribution in [0.1, 0.15) is 18.9 Å². The van der Waals surface area contributed by atoms with Gasteiger partial charge < -0.3 is 24.6 Å². The molecule has 2 aromatic rings. The maximum atomic E-state index is 12.8. The summed E-state index contributed by atoms with van der Waals surface area (Å²) in [5.74, 6) is 0.356. The number of anilines is 3. The highest BCUT2D eigenvalue weighted by molar-refractivity contribution is 6.04. The topological polar surface area (TPSA) is 88.2 Å². The van der Waals surface area contributed by atoms with Crippen molar-refractivity contribution in [1.82, 2.24) is 0 Å². The average molecular weight is 423 g/mol. The smallest absolute Gasteiger partial charge is 0.229 e. The fourth-order valence-electron chi connectivity index (χ4n) is 4.14. The van der Waals surface area contributed by atoms with E-state index in [4.69, 9.17) is 9.47 Å². The minimum atomic E-state index is -0.466. The Kier molecular flexibility index (Phi) is 5.54. The third-order valence-electron chi connectivity index (χ3n) is 5.77. The maximum absolute atomic E-state index is 12.8. The predicted octanol–water partition coefficient (Wildman–Crippen LogP) is 2.60. The molecule has 2 aliphatic heterocycles. The van der Waals surface area contributed by atoms with E-state index in [-0.39, 0.29) is 24.1 Å². The Bertz CT molecular complexity index is 1030. The van der Waals surface area contributed by atoms with Gasteiger partial charge in [-0.25, -0.2) is 0 Å². The Labute approximate surface area is 180 Å². The lowest BCUT2D eigenvalue weighted by Crippen LogP contribution is -2.28. The summed E-state index contributed by atoms with van der Waals surface area (Å²) >= 11 is 0. The number of fused-ring (bicyclic) bond motifs is 1. The number of ether oxygens (including phenoxy) is 2. The van der Waals surface area contributed by atoms with Gasteiger partial charge >= 0.3 is 0 Å². The van der Waals surface area contributed by atoms with Gasteiger partial charge in [-0.05, 0) is 30.2 Å². The van der Waals surface area contributed by atoms with Crippen molar-refractivity contribution in [2.45, 2.75) is 19.8 Å². The summed E-state index contributed by atoms with van der Waals surface area (Å²) in [6.45, 7) is 2.51. The molecule has 1 N–H and O–H groups in total. The van der Waals surface area contributed by atoms with Crippen LogP contribution in [0.4, 0.5) is 17.1 Å². The van der Waals surface area contributed by atoms with Gasteiger partial charge in [-0.3, -0.25) is 14.4 Å². The molecule has 1 atom stereocenters. The summed E-state index contributed by atoms with van der Waals surface area (Å²) < 4.78 is 10.5. The molecule has 0 aliphatic carbocycles. The number of carbonyl (C=O) groups is 3. The van der Waals surface area contributed by atoms with Gasteiger partial charge in [0.1, 0.15) is 11.5 Å². The van der Waals surface area contributed by atoms with E-state index in [0.29, 0.717) is 30.3 Å². The zero-order chi connectivity index (χ0) is 22.1. The number of methoxy groups -OCH3 is 2. The summed E-state index contributed by atoms with van der Waals surface area (Å²) in [4.78, 5) is 40.6. The van der Waals surface area contributed by atoms with E-state index in [2.05, 4.69) is 5.32 Å². The molecular weight excluding hydrogens is 398 g/mol. The first-order chi connectivity index (χ1) is 14.9. The largest absolute Gasteiger partial charge is 0.497 e. The Morgan fingerprint density at radius 2 is 1.77 bits per heavy atom. The van der Waals surface area contributed by atoms with Crippen molar-refractivity contribution >= 4 is 34.8 Å². The van der Waals surface area contributed by atoms with Crippen LogP contribution in [0.2, 0.25) is 0 Å². The van der Waals surface area contributed by atoms with Crippen molar-refractivity contribution in [2.24, 2.45) is 5.92 Å². The molecule has 0 radical (unpaired) electrons. The second kappa shape index (κ2) is 8.29. The highest BCUT2D eigenvalue weighted by Gasteiger charge is 2.36. The number of rotatable bonds is 5. The third kappa shape index (κ3) is 4.05. The lowest BCUT2D eigenvalue weighted by atomic mass is 10.1. The molecule has 0 saturated carbocycles. The number of nitrogens with zero attached hydrogens (tertiary/aromatic N) is 2. The SMILES string of the molecule is COc1cc(NC(=O)[C@@H]2CC(=O)N(c3ccc4c(c3)CCN4C(C)=O)C2)cc(OC)c1. The van der Waals surface area contributed by atoms with E-state index in [1.54, 1.807) is 49.1 Å². The molecule has 1 fully saturated rings. The van der Waals surface area contributed by atoms with Crippen LogP contribution in [0, 0.1) is 5.92 Å². The van der Waals surface area contributed by atoms with Crippen molar-refractivity contribution in [3.63, 3.8) is 0 Å². The number of hydrogen-bond acceptors (Lipinski definition) is 5. The molecule has 0 unspecified atom stereocenters. The Balaban J connectivity index is 1.47. The fraction of sp³-hybridized carbons (Fsp3) is 0.348. The Hall–Kier alpha value is -3.55. The van der Waals surface area contributed by atoms with Gasteiger partial charge in [-0.2, -0.15) is 0 Å². The lowest BCUT2D eigenvalue weighted by molar-refractivity contribution is -0.122. The molecule has 2 heterocycles. The molecule has 2 aromatic carbocycles. The summed E-state index contributed by atoms with van der Waals surface area (Å²) in [5.41, 5.74) is 3.24. The Morgan fingerprint density at radius 3 is 2.42 bits per heavy atom. The molecule has 1 saturated heterocycles. The van der Waals surface area contributed by atoms with Crippen LogP contribution < -0.4 is 24.6 Å². The monoisotopic (exact) mass is 423 g/mol. The van der Waals surface area contributed by atoms with Gasteiger partial charge in [-0.1, -0.05) is 0 Å².